The number of carbonyl (C=O) groups is 2. The van der Waals surface area contributed by atoms with E-state index in [1.54, 1.807) is 12.1 Å². The molecule has 0 spiro atoms. The summed E-state index contributed by atoms with van der Waals surface area (Å²) in [5.41, 5.74) is 4.82. The smallest absolute Gasteiger partial charge is 0.255 e. The molecule has 2 amide bonds. The molecule has 0 saturated heterocycles. The fourth-order valence-electron chi connectivity index (χ4n) is 4.81. The summed E-state index contributed by atoms with van der Waals surface area (Å²) < 4.78 is 12.2. The highest BCUT2D eigenvalue weighted by Crippen LogP contribution is 2.24. The molecule has 5 aromatic rings. The minimum absolute atomic E-state index is 0.213. The quantitative estimate of drug-likeness (QED) is 0.252. The summed E-state index contributed by atoms with van der Waals surface area (Å²) in [5.74, 6) is 0.634. The Balaban J connectivity index is 1.32. The molecule has 0 aromatic heterocycles. The summed E-state index contributed by atoms with van der Waals surface area (Å²) >= 11 is 0. The van der Waals surface area contributed by atoms with Crippen LogP contribution < -0.4 is 20.1 Å². The van der Waals surface area contributed by atoms with Gasteiger partial charge >= 0.3 is 0 Å². The van der Waals surface area contributed by atoms with Gasteiger partial charge in [0.15, 0.2) is 0 Å². The number of carbonyl (C=O) groups excluding carboxylic acids is 2. The summed E-state index contributed by atoms with van der Waals surface area (Å²) in [6.45, 7) is 1.37. The van der Waals surface area contributed by atoms with E-state index in [0.29, 0.717) is 48.9 Å². The zero-order valence-corrected chi connectivity index (χ0v) is 21.9. The number of fused-ring (bicyclic) bond motifs is 2. The molecule has 3 aliphatic heterocycles. The van der Waals surface area contributed by atoms with Crippen molar-refractivity contribution < 1.29 is 19.1 Å². The highest BCUT2D eigenvalue weighted by Gasteiger charge is 2.14. The first kappa shape index (κ1) is 25.2. The molecular formula is C34H28N2O4. The van der Waals surface area contributed by atoms with Gasteiger partial charge in [-0.1, -0.05) is 72.8 Å². The molecular weight excluding hydrogens is 500 g/mol. The number of nitrogens with one attached hydrogen (secondary N) is 2. The maximum Gasteiger partial charge on any atom is 0.255 e. The third-order valence-electron chi connectivity index (χ3n) is 6.92. The highest BCUT2D eigenvalue weighted by molar-refractivity contribution is 5.97. The van der Waals surface area contributed by atoms with Gasteiger partial charge in [0.25, 0.3) is 11.8 Å². The molecule has 40 heavy (non-hydrogen) atoms. The number of hydrogen-bond donors (Lipinski definition) is 2. The zero-order valence-electron chi connectivity index (χ0n) is 21.9. The Hall–Kier alpha value is -5.10. The highest BCUT2D eigenvalue weighted by atomic mass is 16.5. The van der Waals surface area contributed by atoms with E-state index >= 15 is 0 Å². The van der Waals surface area contributed by atoms with E-state index in [1.165, 1.54) is 0 Å². The number of para-hydroxylation sites is 2. The molecule has 3 aliphatic rings. The van der Waals surface area contributed by atoms with Gasteiger partial charge < -0.3 is 20.1 Å². The maximum absolute atomic E-state index is 13.1. The molecule has 3 heterocycles. The van der Waals surface area contributed by atoms with Crippen molar-refractivity contribution in [2.45, 2.75) is 26.3 Å². The van der Waals surface area contributed by atoms with Crippen LogP contribution in [0.15, 0.2) is 109 Å². The van der Waals surface area contributed by atoms with Crippen molar-refractivity contribution in [3.63, 3.8) is 0 Å². The molecule has 6 nitrogen and oxygen atoms in total. The van der Waals surface area contributed by atoms with Gasteiger partial charge in [-0.15, -0.1) is 0 Å². The molecule has 0 atom stereocenters. The Morgan fingerprint density at radius 1 is 0.475 bits per heavy atom. The lowest BCUT2D eigenvalue weighted by atomic mass is 10.0. The lowest BCUT2D eigenvalue weighted by molar-refractivity contribution is 0.0938. The monoisotopic (exact) mass is 528 g/mol. The standard InChI is InChI=1S/C34H28N2O4/c37-33-29-8-1-3-10-31(29)39-21-25-12-14-28-18-26(13-15-27(28)17-25)22-40-32-11-4-2-9-30(32)34(38)36-20-24-7-5-6-23(16-24)19-35-33/h1-18H,19-22H2,(H,35,37)(H,36,38). The Kier molecular flexibility index (Phi) is 7.14. The summed E-state index contributed by atoms with van der Waals surface area (Å²) in [4.78, 5) is 26.2. The molecule has 0 unspecified atom stereocenters. The zero-order chi connectivity index (χ0) is 27.3. The van der Waals surface area contributed by atoms with Gasteiger partial charge in [0, 0.05) is 13.1 Å². The molecule has 0 saturated carbocycles. The van der Waals surface area contributed by atoms with Crippen LogP contribution in [-0.2, 0) is 26.3 Å². The first-order chi connectivity index (χ1) is 19.6. The van der Waals surface area contributed by atoms with E-state index in [1.807, 2.05) is 72.8 Å². The predicted molar refractivity (Wildman–Crippen MR) is 154 cm³/mol. The average Bonchev–Trinajstić information content (AvgIpc) is 3.00. The van der Waals surface area contributed by atoms with Gasteiger partial charge in [-0.3, -0.25) is 9.59 Å². The van der Waals surface area contributed by atoms with Gasteiger partial charge in [-0.25, -0.2) is 0 Å². The number of benzene rings is 5. The minimum atomic E-state index is -0.213. The van der Waals surface area contributed by atoms with Gasteiger partial charge in [-0.05, 0) is 69.4 Å². The van der Waals surface area contributed by atoms with Crippen LogP contribution in [0.3, 0.4) is 0 Å². The second-order valence-corrected chi connectivity index (χ2v) is 9.77. The maximum atomic E-state index is 13.1. The molecule has 5 aromatic carbocycles. The van der Waals surface area contributed by atoms with Crippen LogP contribution >= 0.6 is 0 Å². The van der Waals surface area contributed by atoms with Gasteiger partial charge in [0.2, 0.25) is 0 Å². The second kappa shape index (κ2) is 11.3. The van der Waals surface area contributed by atoms with Crippen LogP contribution in [0.2, 0.25) is 0 Å². The number of hydrogen-bond acceptors (Lipinski definition) is 4. The Bertz CT molecular complexity index is 1590. The van der Waals surface area contributed by atoms with Crippen LogP contribution in [-0.4, -0.2) is 11.8 Å². The van der Waals surface area contributed by atoms with Crippen LogP contribution in [0.5, 0.6) is 11.5 Å². The second-order valence-electron chi connectivity index (χ2n) is 9.77. The summed E-state index contributed by atoms with van der Waals surface area (Å²) in [5, 5.41) is 8.15. The van der Waals surface area contributed by atoms with E-state index in [2.05, 4.69) is 34.9 Å². The van der Waals surface area contributed by atoms with Crippen molar-refractivity contribution in [1.82, 2.24) is 10.6 Å². The van der Waals surface area contributed by atoms with Crippen LogP contribution in [0.4, 0.5) is 0 Å². The molecule has 198 valence electrons. The van der Waals surface area contributed by atoms with E-state index in [-0.39, 0.29) is 11.8 Å². The predicted octanol–water partition coefficient (Wildman–Crippen LogP) is 6.17. The topological polar surface area (TPSA) is 76.7 Å². The third kappa shape index (κ3) is 5.66. The fourth-order valence-corrected chi connectivity index (χ4v) is 4.81. The fraction of sp³-hybridized carbons (Fsp3) is 0.118. The lowest BCUT2D eigenvalue weighted by Crippen LogP contribution is -2.24. The first-order valence-electron chi connectivity index (χ1n) is 13.2. The van der Waals surface area contributed by atoms with E-state index < -0.39 is 0 Å². The molecule has 8 rings (SSSR count). The SMILES string of the molecule is O=C1NCc2cccc(c2)CNC(=O)c2ccccc2OCc2ccc3cc(ccc3c2)COc2ccccc21. The number of amides is 2. The lowest BCUT2D eigenvalue weighted by Gasteiger charge is -2.13. The molecule has 0 fully saturated rings. The molecule has 2 N–H and O–H groups in total. The Labute approximate surface area is 232 Å². The first-order valence-corrected chi connectivity index (χ1v) is 13.2. The minimum Gasteiger partial charge on any atom is -0.488 e. The van der Waals surface area contributed by atoms with Crippen LogP contribution in [0.1, 0.15) is 43.0 Å². The Morgan fingerprint density at radius 3 is 1.45 bits per heavy atom. The van der Waals surface area contributed by atoms with E-state index in [9.17, 15) is 9.59 Å². The summed E-state index contributed by atoms with van der Waals surface area (Å²) in [6.07, 6.45) is 0. The van der Waals surface area contributed by atoms with Gasteiger partial charge in [-0.2, -0.15) is 0 Å². The van der Waals surface area contributed by atoms with Crippen molar-refractivity contribution in [2.75, 3.05) is 0 Å². The molecule has 0 aliphatic carbocycles. The van der Waals surface area contributed by atoms with Crippen molar-refractivity contribution >= 4 is 22.6 Å². The largest absolute Gasteiger partial charge is 0.488 e. The summed E-state index contributed by atoms with van der Waals surface area (Å²) in [6, 6.07) is 34.6. The molecule has 0 radical (unpaired) electrons. The van der Waals surface area contributed by atoms with E-state index in [4.69, 9.17) is 9.47 Å². The van der Waals surface area contributed by atoms with Crippen molar-refractivity contribution in [1.29, 1.82) is 0 Å². The number of ether oxygens (including phenoxy) is 2. The van der Waals surface area contributed by atoms with Gasteiger partial charge in [0.05, 0.1) is 11.1 Å². The molecule has 6 bridgehead atoms. The molecule has 6 heteroatoms. The third-order valence-corrected chi connectivity index (χ3v) is 6.92. The van der Waals surface area contributed by atoms with Crippen molar-refractivity contribution in [3.05, 3.63) is 143 Å². The van der Waals surface area contributed by atoms with Gasteiger partial charge in [0.1, 0.15) is 24.7 Å². The summed E-state index contributed by atoms with van der Waals surface area (Å²) in [7, 11) is 0. The Morgan fingerprint density at radius 2 is 0.950 bits per heavy atom. The number of rotatable bonds is 0. The van der Waals surface area contributed by atoms with Crippen molar-refractivity contribution in [3.8, 4) is 11.5 Å². The normalized spacial score (nSPS) is 14.0. The van der Waals surface area contributed by atoms with Crippen molar-refractivity contribution in [2.24, 2.45) is 0 Å². The van der Waals surface area contributed by atoms with Crippen LogP contribution in [0.25, 0.3) is 10.8 Å². The van der Waals surface area contributed by atoms with Crippen LogP contribution in [0, 0.1) is 0 Å². The average molecular weight is 529 g/mol. The van der Waals surface area contributed by atoms with E-state index in [0.717, 1.165) is 33.0 Å².